The Labute approximate surface area is 123 Å². The van der Waals surface area contributed by atoms with Crippen LogP contribution in [0.2, 0.25) is 0 Å². The summed E-state index contributed by atoms with van der Waals surface area (Å²) in [5.74, 6) is -0.0296. The molecule has 0 unspecified atom stereocenters. The normalized spacial score (nSPS) is 10.8. The molecule has 1 aromatic heterocycles. The lowest BCUT2D eigenvalue weighted by atomic mass is 10.0. The van der Waals surface area contributed by atoms with Crippen LogP contribution in [0.25, 0.3) is 10.1 Å². The van der Waals surface area contributed by atoms with Gasteiger partial charge in [0.15, 0.2) is 5.78 Å². The van der Waals surface area contributed by atoms with Gasteiger partial charge in [0.25, 0.3) is 0 Å². The summed E-state index contributed by atoms with van der Waals surface area (Å²) in [4.78, 5) is 12.6. The number of halogens is 1. The molecule has 0 aliphatic carbocycles. The average molecular weight is 332 g/mol. The van der Waals surface area contributed by atoms with Crippen molar-refractivity contribution in [3.63, 3.8) is 0 Å². The van der Waals surface area contributed by atoms with Crippen molar-refractivity contribution < 1.29 is 4.79 Å². The Bertz CT molecular complexity index is 779. The third-order valence-corrected chi connectivity index (χ3v) is 4.44. The van der Waals surface area contributed by atoms with E-state index in [0.29, 0.717) is 16.8 Å². The summed E-state index contributed by atoms with van der Waals surface area (Å²) in [5, 5.41) is 3.08. The molecule has 0 aliphatic heterocycles. The molecule has 0 spiro atoms. The van der Waals surface area contributed by atoms with Gasteiger partial charge in [-0.05, 0) is 41.1 Å². The molecule has 0 aliphatic rings. The van der Waals surface area contributed by atoms with E-state index in [2.05, 4.69) is 15.9 Å². The Balaban J connectivity index is 2.16. The van der Waals surface area contributed by atoms with Crippen LogP contribution in [0.15, 0.2) is 52.3 Å². The largest absolute Gasteiger partial charge is 0.398 e. The molecule has 2 N–H and O–H groups in total. The molecule has 94 valence electrons. The van der Waals surface area contributed by atoms with Crippen molar-refractivity contribution in [1.29, 1.82) is 0 Å². The molecule has 2 aromatic carbocycles. The third-order valence-electron chi connectivity index (χ3n) is 2.98. The van der Waals surface area contributed by atoms with Gasteiger partial charge in [0.1, 0.15) is 0 Å². The van der Waals surface area contributed by atoms with Crippen molar-refractivity contribution in [2.45, 2.75) is 0 Å². The smallest absolute Gasteiger partial charge is 0.196 e. The van der Waals surface area contributed by atoms with Gasteiger partial charge in [0.2, 0.25) is 0 Å². The van der Waals surface area contributed by atoms with Crippen LogP contribution in [0.4, 0.5) is 5.69 Å². The third kappa shape index (κ3) is 2.17. The number of hydrogen-bond donors (Lipinski definition) is 1. The summed E-state index contributed by atoms with van der Waals surface area (Å²) in [6.07, 6.45) is 0. The second kappa shape index (κ2) is 4.79. The molecule has 0 radical (unpaired) electrons. The summed E-state index contributed by atoms with van der Waals surface area (Å²) in [6.45, 7) is 0. The molecule has 0 saturated heterocycles. The van der Waals surface area contributed by atoms with Gasteiger partial charge in [-0.15, -0.1) is 11.3 Å². The molecule has 3 aromatic rings. The van der Waals surface area contributed by atoms with Crippen molar-refractivity contribution in [2.75, 3.05) is 5.73 Å². The van der Waals surface area contributed by atoms with E-state index in [-0.39, 0.29) is 5.78 Å². The van der Waals surface area contributed by atoms with E-state index in [1.807, 2.05) is 35.7 Å². The minimum Gasteiger partial charge on any atom is -0.398 e. The van der Waals surface area contributed by atoms with Gasteiger partial charge in [-0.1, -0.05) is 28.1 Å². The van der Waals surface area contributed by atoms with Crippen LogP contribution in [0, 0.1) is 0 Å². The molecule has 1 heterocycles. The number of nitrogens with two attached hydrogens (primary N) is 1. The topological polar surface area (TPSA) is 43.1 Å². The Kier molecular flexibility index (Phi) is 3.12. The van der Waals surface area contributed by atoms with E-state index in [9.17, 15) is 4.79 Å². The van der Waals surface area contributed by atoms with E-state index in [4.69, 9.17) is 5.73 Å². The van der Waals surface area contributed by atoms with Gasteiger partial charge in [-0.2, -0.15) is 0 Å². The molecule has 0 amide bonds. The number of thiophene rings is 1. The van der Waals surface area contributed by atoms with Crippen LogP contribution in [-0.4, -0.2) is 5.78 Å². The lowest BCUT2D eigenvalue weighted by Crippen LogP contribution is -2.05. The Hall–Kier alpha value is -1.65. The number of fused-ring (bicyclic) bond motifs is 1. The van der Waals surface area contributed by atoms with E-state index in [0.717, 1.165) is 14.6 Å². The molecule has 3 rings (SSSR count). The lowest BCUT2D eigenvalue weighted by Gasteiger charge is -2.06. The first-order valence-corrected chi connectivity index (χ1v) is 7.40. The Morgan fingerprint density at radius 3 is 2.74 bits per heavy atom. The molecule has 0 saturated carbocycles. The number of rotatable bonds is 2. The number of carbonyl (C=O) groups excluding carboxylic acids is 1. The van der Waals surface area contributed by atoms with Crippen molar-refractivity contribution >= 4 is 48.8 Å². The maximum Gasteiger partial charge on any atom is 0.196 e. The molecule has 0 atom stereocenters. The zero-order chi connectivity index (χ0) is 13.4. The molecule has 19 heavy (non-hydrogen) atoms. The fourth-order valence-corrected chi connectivity index (χ4v) is 3.35. The van der Waals surface area contributed by atoms with Gasteiger partial charge >= 0.3 is 0 Å². The van der Waals surface area contributed by atoms with Crippen LogP contribution in [0.5, 0.6) is 0 Å². The van der Waals surface area contributed by atoms with Crippen LogP contribution < -0.4 is 5.73 Å². The maximum atomic E-state index is 12.6. The first kappa shape index (κ1) is 12.4. The SMILES string of the molecule is Nc1cc(Br)ccc1C(=O)c1cccc2ccsc12. The van der Waals surface area contributed by atoms with E-state index in [1.165, 1.54) is 0 Å². The Morgan fingerprint density at radius 2 is 1.95 bits per heavy atom. The highest BCUT2D eigenvalue weighted by atomic mass is 79.9. The number of carbonyl (C=O) groups is 1. The van der Waals surface area contributed by atoms with Gasteiger partial charge in [-0.25, -0.2) is 0 Å². The van der Waals surface area contributed by atoms with E-state index >= 15 is 0 Å². The number of hydrogen-bond acceptors (Lipinski definition) is 3. The average Bonchev–Trinajstić information content (AvgIpc) is 2.86. The van der Waals surface area contributed by atoms with E-state index < -0.39 is 0 Å². The van der Waals surface area contributed by atoms with Crippen molar-refractivity contribution in [3.8, 4) is 0 Å². The monoisotopic (exact) mass is 331 g/mol. The molecule has 0 bridgehead atoms. The summed E-state index contributed by atoms with van der Waals surface area (Å²) in [6, 6.07) is 13.1. The summed E-state index contributed by atoms with van der Waals surface area (Å²) >= 11 is 4.92. The predicted molar refractivity (Wildman–Crippen MR) is 83.8 cm³/mol. The minimum atomic E-state index is -0.0296. The van der Waals surface area contributed by atoms with Crippen LogP contribution >= 0.6 is 27.3 Å². The number of ketones is 1. The second-order valence-electron chi connectivity index (χ2n) is 4.21. The number of anilines is 1. The molecular weight excluding hydrogens is 322 g/mol. The number of benzene rings is 2. The minimum absolute atomic E-state index is 0.0296. The van der Waals surface area contributed by atoms with E-state index in [1.54, 1.807) is 23.5 Å². The highest BCUT2D eigenvalue weighted by Crippen LogP contribution is 2.28. The quantitative estimate of drug-likeness (QED) is 0.555. The van der Waals surface area contributed by atoms with Gasteiger partial charge in [-0.3, -0.25) is 4.79 Å². The van der Waals surface area contributed by atoms with Crippen LogP contribution in [0.3, 0.4) is 0 Å². The van der Waals surface area contributed by atoms with Crippen molar-refractivity contribution in [3.05, 3.63) is 63.4 Å². The summed E-state index contributed by atoms with van der Waals surface area (Å²) < 4.78 is 1.88. The van der Waals surface area contributed by atoms with Crippen LogP contribution in [0.1, 0.15) is 15.9 Å². The summed E-state index contributed by atoms with van der Waals surface area (Å²) in [5.41, 5.74) is 7.68. The highest BCUT2D eigenvalue weighted by molar-refractivity contribution is 9.10. The summed E-state index contributed by atoms with van der Waals surface area (Å²) in [7, 11) is 0. The van der Waals surface area contributed by atoms with Crippen molar-refractivity contribution in [1.82, 2.24) is 0 Å². The first-order valence-electron chi connectivity index (χ1n) is 5.73. The zero-order valence-corrected chi connectivity index (χ0v) is 12.3. The first-order chi connectivity index (χ1) is 9.16. The number of nitrogen functional groups attached to an aromatic ring is 1. The standard InChI is InChI=1S/C15H10BrNOS/c16-10-4-5-11(13(17)8-10)14(18)12-3-1-2-9-6-7-19-15(9)12/h1-8H,17H2. The highest BCUT2D eigenvalue weighted by Gasteiger charge is 2.15. The fourth-order valence-electron chi connectivity index (χ4n) is 2.06. The lowest BCUT2D eigenvalue weighted by molar-refractivity contribution is 0.104. The molecule has 0 fully saturated rings. The van der Waals surface area contributed by atoms with Gasteiger partial charge in [0.05, 0.1) is 0 Å². The van der Waals surface area contributed by atoms with Gasteiger partial charge < -0.3 is 5.73 Å². The Morgan fingerprint density at radius 1 is 1.11 bits per heavy atom. The van der Waals surface area contributed by atoms with Gasteiger partial charge in [0, 0.05) is 26.0 Å². The predicted octanol–water partition coefficient (Wildman–Crippen LogP) is 4.48. The van der Waals surface area contributed by atoms with Crippen molar-refractivity contribution in [2.24, 2.45) is 0 Å². The molecular formula is C15H10BrNOS. The zero-order valence-electron chi connectivity index (χ0n) is 9.89. The van der Waals surface area contributed by atoms with Crippen LogP contribution in [-0.2, 0) is 0 Å². The molecule has 4 heteroatoms. The molecule has 2 nitrogen and oxygen atoms in total. The fraction of sp³-hybridized carbons (Fsp3) is 0. The second-order valence-corrected chi connectivity index (χ2v) is 6.04. The maximum absolute atomic E-state index is 12.6.